The minimum atomic E-state index is -3.25. The fourth-order valence-corrected chi connectivity index (χ4v) is 4.51. The summed E-state index contributed by atoms with van der Waals surface area (Å²) in [5.74, 6) is 0.140. The second kappa shape index (κ2) is 9.02. The van der Waals surface area contributed by atoms with Crippen molar-refractivity contribution >= 4 is 21.4 Å². The maximum Gasteiger partial charge on any atom is 0.211 e. The Bertz CT molecular complexity index is 910. The van der Waals surface area contributed by atoms with Gasteiger partial charge < -0.3 is 0 Å². The maximum absolute atomic E-state index is 12.1. The second-order valence-electron chi connectivity index (χ2n) is 5.93. The van der Waals surface area contributed by atoms with Crippen molar-refractivity contribution in [2.75, 3.05) is 12.3 Å². The lowest BCUT2D eigenvalue weighted by Gasteiger charge is -2.06. The quantitative estimate of drug-likeness (QED) is 0.611. The second-order valence-corrected chi connectivity index (χ2v) is 8.72. The van der Waals surface area contributed by atoms with Gasteiger partial charge in [-0.1, -0.05) is 30.3 Å². The number of nitrogens with one attached hydrogen (secondary N) is 1. The standard InChI is InChI=1S/C19H21N3O2S2/c23-26(24,14-4-7-16-5-2-1-3-6-16)21-13-10-18-15-25-19(22-18)17-8-11-20-12-9-17/h1-3,5-6,8-9,11-12,15,21H,4,7,10,13-14H2. The van der Waals surface area contributed by atoms with Crippen LogP contribution in [0.3, 0.4) is 0 Å². The number of sulfonamides is 1. The highest BCUT2D eigenvalue weighted by atomic mass is 32.2. The fraction of sp³-hybridized carbons (Fsp3) is 0.263. The van der Waals surface area contributed by atoms with Gasteiger partial charge in [-0.25, -0.2) is 18.1 Å². The van der Waals surface area contributed by atoms with Crippen LogP contribution >= 0.6 is 11.3 Å². The minimum absolute atomic E-state index is 0.140. The number of rotatable bonds is 9. The van der Waals surface area contributed by atoms with Gasteiger partial charge in [0.05, 0.1) is 11.4 Å². The molecule has 7 heteroatoms. The Balaban J connectivity index is 1.43. The van der Waals surface area contributed by atoms with Gasteiger partial charge in [0.25, 0.3) is 0 Å². The van der Waals surface area contributed by atoms with Gasteiger partial charge in [-0.2, -0.15) is 0 Å². The smallest absolute Gasteiger partial charge is 0.211 e. The van der Waals surface area contributed by atoms with Crippen LogP contribution in [0, 0.1) is 0 Å². The van der Waals surface area contributed by atoms with Crippen LogP contribution in [0.1, 0.15) is 17.7 Å². The van der Waals surface area contributed by atoms with Crippen LogP contribution in [-0.2, 0) is 22.9 Å². The molecule has 5 nitrogen and oxygen atoms in total. The summed E-state index contributed by atoms with van der Waals surface area (Å²) in [6.07, 6.45) is 5.44. The third kappa shape index (κ3) is 5.72. The molecule has 2 aromatic heterocycles. The number of aromatic nitrogens is 2. The summed E-state index contributed by atoms with van der Waals surface area (Å²) in [7, 11) is -3.25. The molecule has 3 rings (SSSR count). The molecule has 0 aliphatic heterocycles. The van der Waals surface area contributed by atoms with Gasteiger partial charge in [0, 0.05) is 36.3 Å². The number of nitrogens with zero attached hydrogens (tertiary/aromatic N) is 2. The van der Waals surface area contributed by atoms with E-state index in [0.717, 1.165) is 28.2 Å². The largest absolute Gasteiger partial charge is 0.265 e. The van der Waals surface area contributed by atoms with Crippen molar-refractivity contribution in [3.05, 3.63) is 71.5 Å². The first-order valence-electron chi connectivity index (χ1n) is 8.48. The predicted molar refractivity (Wildman–Crippen MR) is 106 cm³/mol. The summed E-state index contributed by atoms with van der Waals surface area (Å²) < 4.78 is 26.9. The average molecular weight is 388 g/mol. The van der Waals surface area contributed by atoms with Crippen molar-refractivity contribution in [2.24, 2.45) is 0 Å². The lowest BCUT2D eigenvalue weighted by Crippen LogP contribution is -2.28. The Morgan fingerprint density at radius 3 is 2.54 bits per heavy atom. The highest BCUT2D eigenvalue weighted by molar-refractivity contribution is 7.89. The summed E-state index contributed by atoms with van der Waals surface area (Å²) in [5, 5.41) is 2.90. The Labute approximate surface area is 158 Å². The van der Waals surface area contributed by atoms with Gasteiger partial charge in [-0.3, -0.25) is 4.98 Å². The third-order valence-corrected chi connectivity index (χ3v) is 6.31. The van der Waals surface area contributed by atoms with E-state index in [2.05, 4.69) is 14.7 Å². The zero-order chi connectivity index (χ0) is 18.2. The fourth-order valence-electron chi connectivity index (χ4n) is 2.57. The van der Waals surface area contributed by atoms with E-state index in [1.54, 1.807) is 23.7 Å². The number of hydrogen-bond acceptors (Lipinski definition) is 5. The molecule has 0 atom stereocenters. The molecule has 3 aromatic rings. The monoisotopic (exact) mass is 387 g/mol. The molecule has 2 heterocycles. The van der Waals surface area contributed by atoms with Crippen LogP contribution in [0.4, 0.5) is 0 Å². The maximum atomic E-state index is 12.1. The zero-order valence-corrected chi connectivity index (χ0v) is 16.0. The van der Waals surface area contributed by atoms with Gasteiger partial charge in [0.1, 0.15) is 5.01 Å². The molecule has 0 aliphatic carbocycles. The molecule has 0 bridgehead atoms. The average Bonchev–Trinajstić information content (AvgIpc) is 3.12. The first kappa shape index (κ1) is 18.7. The van der Waals surface area contributed by atoms with E-state index in [1.807, 2.05) is 47.8 Å². The summed E-state index contributed by atoms with van der Waals surface area (Å²) in [6, 6.07) is 13.8. The van der Waals surface area contributed by atoms with E-state index in [9.17, 15) is 8.42 Å². The first-order valence-corrected chi connectivity index (χ1v) is 11.0. The Morgan fingerprint density at radius 2 is 1.77 bits per heavy atom. The van der Waals surface area contributed by atoms with E-state index < -0.39 is 10.0 Å². The van der Waals surface area contributed by atoms with Crippen LogP contribution in [-0.4, -0.2) is 30.7 Å². The Hall–Kier alpha value is -2.09. The lowest BCUT2D eigenvalue weighted by atomic mass is 10.1. The number of aryl methyl sites for hydroxylation is 1. The van der Waals surface area contributed by atoms with Crippen LogP contribution in [0.5, 0.6) is 0 Å². The van der Waals surface area contributed by atoms with Crippen LogP contribution in [0.25, 0.3) is 10.6 Å². The molecule has 0 amide bonds. The van der Waals surface area contributed by atoms with Crippen molar-refractivity contribution < 1.29 is 8.42 Å². The van der Waals surface area contributed by atoms with Gasteiger partial charge in [-0.15, -0.1) is 11.3 Å². The number of benzene rings is 1. The SMILES string of the molecule is O=S(=O)(CCCc1ccccc1)NCCc1csc(-c2ccncc2)n1. The molecular weight excluding hydrogens is 366 g/mol. The van der Waals surface area contributed by atoms with Crippen LogP contribution in [0.2, 0.25) is 0 Å². The molecule has 136 valence electrons. The van der Waals surface area contributed by atoms with Gasteiger partial charge in [0.2, 0.25) is 10.0 Å². The molecule has 0 aliphatic rings. The number of thiazole rings is 1. The summed E-state index contributed by atoms with van der Waals surface area (Å²) in [5.41, 5.74) is 3.08. The first-order chi connectivity index (χ1) is 12.6. The summed E-state index contributed by atoms with van der Waals surface area (Å²) >= 11 is 1.56. The van der Waals surface area contributed by atoms with E-state index in [-0.39, 0.29) is 5.75 Å². The van der Waals surface area contributed by atoms with Crippen molar-refractivity contribution in [1.29, 1.82) is 0 Å². The predicted octanol–water partition coefficient (Wildman–Crippen LogP) is 3.30. The molecule has 0 fully saturated rings. The molecule has 0 saturated heterocycles. The molecular formula is C19H21N3O2S2. The van der Waals surface area contributed by atoms with Gasteiger partial charge >= 0.3 is 0 Å². The molecule has 0 spiro atoms. The van der Waals surface area contributed by atoms with Crippen molar-refractivity contribution in [3.63, 3.8) is 0 Å². The Morgan fingerprint density at radius 1 is 1.00 bits per heavy atom. The van der Waals surface area contributed by atoms with Crippen LogP contribution in [0.15, 0.2) is 60.2 Å². The van der Waals surface area contributed by atoms with E-state index in [4.69, 9.17) is 0 Å². The highest BCUT2D eigenvalue weighted by Crippen LogP contribution is 2.22. The van der Waals surface area contributed by atoms with Gasteiger partial charge in [0.15, 0.2) is 0 Å². The van der Waals surface area contributed by atoms with Crippen molar-refractivity contribution in [1.82, 2.24) is 14.7 Å². The molecule has 0 radical (unpaired) electrons. The molecule has 1 aromatic carbocycles. The normalized spacial score (nSPS) is 11.5. The van der Waals surface area contributed by atoms with Crippen molar-refractivity contribution in [2.45, 2.75) is 19.3 Å². The third-order valence-electron chi connectivity index (χ3n) is 3.90. The molecule has 0 unspecified atom stereocenters. The van der Waals surface area contributed by atoms with E-state index in [0.29, 0.717) is 19.4 Å². The van der Waals surface area contributed by atoms with Crippen LogP contribution < -0.4 is 4.72 Å². The topological polar surface area (TPSA) is 72.0 Å². The highest BCUT2D eigenvalue weighted by Gasteiger charge is 2.10. The van der Waals surface area contributed by atoms with E-state index in [1.165, 1.54) is 0 Å². The van der Waals surface area contributed by atoms with Gasteiger partial charge in [-0.05, 0) is 30.5 Å². The summed E-state index contributed by atoms with van der Waals surface area (Å²) in [6.45, 7) is 0.368. The molecule has 26 heavy (non-hydrogen) atoms. The minimum Gasteiger partial charge on any atom is -0.265 e. The lowest BCUT2D eigenvalue weighted by molar-refractivity contribution is 0.578. The molecule has 1 N–H and O–H groups in total. The van der Waals surface area contributed by atoms with Crippen molar-refractivity contribution in [3.8, 4) is 10.6 Å². The number of hydrogen-bond donors (Lipinski definition) is 1. The number of pyridine rings is 1. The zero-order valence-electron chi connectivity index (χ0n) is 14.3. The summed E-state index contributed by atoms with van der Waals surface area (Å²) in [4.78, 5) is 8.56. The van der Waals surface area contributed by atoms with E-state index >= 15 is 0 Å². The Kier molecular flexibility index (Phi) is 6.49. The molecule has 0 saturated carbocycles.